The molecular formula is C13H15F2NO. The average Bonchev–Trinajstić information content (AvgIpc) is 2.23. The van der Waals surface area contributed by atoms with Crippen LogP contribution in [0.3, 0.4) is 0 Å². The molecule has 17 heavy (non-hydrogen) atoms. The van der Waals surface area contributed by atoms with E-state index in [4.69, 9.17) is 0 Å². The number of amides is 1. The van der Waals surface area contributed by atoms with Crippen LogP contribution in [0.25, 0.3) is 0 Å². The second-order valence-electron chi connectivity index (χ2n) is 5.21. The molecule has 1 aliphatic rings. The van der Waals surface area contributed by atoms with Gasteiger partial charge in [-0.2, -0.15) is 0 Å². The van der Waals surface area contributed by atoms with Gasteiger partial charge in [-0.25, -0.2) is 8.78 Å². The molecule has 2 nitrogen and oxygen atoms in total. The van der Waals surface area contributed by atoms with Gasteiger partial charge in [-0.3, -0.25) is 4.79 Å². The number of carbonyl (C=O) groups is 1. The largest absolute Gasteiger partial charge is 0.307 e. The lowest BCUT2D eigenvalue weighted by molar-refractivity contribution is -0.121. The molecule has 1 saturated heterocycles. The van der Waals surface area contributed by atoms with Crippen molar-refractivity contribution in [3.05, 3.63) is 29.8 Å². The Morgan fingerprint density at radius 3 is 2.41 bits per heavy atom. The van der Waals surface area contributed by atoms with E-state index in [1.54, 1.807) is 0 Å². The zero-order valence-corrected chi connectivity index (χ0v) is 9.96. The molecule has 1 heterocycles. The van der Waals surface area contributed by atoms with Crippen molar-refractivity contribution in [2.45, 2.75) is 26.7 Å². The quantitative estimate of drug-likeness (QED) is 0.737. The van der Waals surface area contributed by atoms with E-state index in [0.29, 0.717) is 13.0 Å². The van der Waals surface area contributed by atoms with Crippen molar-refractivity contribution < 1.29 is 13.6 Å². The third kappa shape index (κ3) is 2.30. The van der Waals surface area contributed by atoms with Gasteiger partial charge in [0.2, 0.25) is 5.91 Å². The summed E-state index contributed by atoms with van der Waals surface area (Å²) in [6.07, 6.45) is 1.08. The van der Waals surface area contributed by atoms with Crippen LogP contribution >= 0.6 is 0 Å². The Bertz CT molecular complexity index is 436. The number of carbonyl (C=O) groups excluding carboxylic acids is 1. The number of hydrogen-bond acceptors (Lipinski definition) is 1. The first-order valence-electron chi connectivity index (χ1n) is 5.65. The lowest BCUT2D eigenvalue weighted by Gasteiger charge is -2.37. The Kier molecular flexibility index (Phi) is 2.89. The Morgan fingerprint density at radius 2 is 1.82 bits per heavy atom. The molecule has 4 heteroatoms. The summed E-state index contributed by atoms with van der Waals surface area (Å²) in [5.41, 5.74) is -0.326. The number of anilines is 1. The maximum absolute atomic E-state index is 13.6. The molecule has 0 aromatic heterocycles. The van der Waals surface area contributed by atoms with Crippen molar-refractivity contribution in [3.63, 3.8) is 0 Å². The number of benzene rings is 1. The maximum atomic E-state index is 13.6. The fourth-order valence-electron chi connectivity index (χ4n) is 2.13. The summed E-state index contributed by atoms with van der Waals surface area (Å²) in [4.78, 5) is 13.0. The summed E-state index contributed by atoms with van der Waals surface area (Å²) < 4.78 is 27.3. The zero-order chi connectivity index (χ0) is 12.6. The van der Waals surface area contributed by atoms with Gasteiger partial charge >= 0.3 is 0 Å². The van der Waals surface area contributed by atoms with Crippen LogP contribution in [-0.2, 0) is 4.79 Å². The standard InChI is InChI=1S/C13H15F2NO/c1-13(2)7-6-11(17)16(8-13)12-9(14)4-3-5-10(12)15/h3-5H,6-8H2,1-2H3. The number of para-hydroxylation sites is 1. The van der Waals surface area contributed by atoms with E-state index in [-0.39, 0.29) is 17.0 Å². The van der Waals surface area contributed by atoms with E-state index >= 15 is 0 Å². The number of piperidine rings is 1. The van der Waals surface area contributed by atoms with Gasteiger partial charge in [0.05, 0.1) is 0 Å². The number of nitrogens with zero attached hydrogens (tertiary/aromatic N) is 1. The smallest absolute Gasteiger partial charge is 0.227 e. The lowest BCUT2D eigenvalue weighted by Crippen LogP contribution is -2.44. The van der Waals surface area contributed by atoms with Crippen LogP contribution in [0.15, 0.2) is 18.2 Å². The molecule has 0 saturated carbocycles. The molecule has 2 rings (SSSR count). The first kappa shape index (κ1) is 12.0. The Labute approximate surface area is 99.2 Å². The van der Waals surface area contributed by atoms with Crippen LogP contribution < -0.4 is 4.90 Å². The van der Waals surface area contributed by atoms with Crippen molar-refractivity contribution in [1.29, 1.82) is 0 Å². The van der Waals surface area contributed by atoms with Gasteiger partial charge in [0.15, 0.2) is 0 Å². The first-order valence-corrected chi connectivity index (χ1v) is 5.65. The van der Waals surface area contributed by atoms with Gasteiger partial charge in [0.25, 0.3) is 0 Å². The summed E-state index contributed by atoms with van der Waals surface area (Å²) >= 11 is 0. The maximum Gasteiger partial charge on any atom is 0.227 e. The molecule has 0 bridgehead atoms. The van der Waals surface area contributed by atoms with Crippen LogP contribution in [0.1, 0.15) is 26.7 Å². The van der Waals surface area contributed by atoms with Crippen LogP contribution in [0.2, 0.25) is 0 Å². The SMILES string of the molecule is CC1(C)CCC(=O)N(c2c(F)cccc2F)C1. The highest BCUT2D eigenvalue weighted by atomic mass is 19.1. The Balaban J connectivity index is 2.41. The summed E-state index contributed by atoms with van der Waals surface area (Å²) in [6, 6.07) is 3.65. The summed E-state index contributed by atoms with van der Waals surface area (Å²) in [6.45, 7) is 4.33. The first-order chi connectivity index (χ1) is 7.91. The third-order valence-corrected chi connectivity index (χ3v) is 3.11. The van der Waals surface area contributed by atoms with Gasteiger partial charge in [-0.1, -0.05) is 19.9 Å². The predicted molar refractivity (Wildman–Crippen MR) is 61.7 cm³/mol. The van der Waals surface area contributed by atoms with Crippen molar-refractivity contribution >= 4 is 11.6 Å². The lowest BCUT2D eigenvalue weighted by atomic mass is 9.83. The monoisotopic (exact) mass is 239 g/mol. The molecule has 0 aliphatic carbocycles. The molecule has 0 radical (unpaired) electrons. The number of rotatable bonds is 1. The molecule has 0 N–H and O–H groups in total. The Morgan fingerprint density at radius 1 is 1.24 bits per heavy atom. The summed E-state index contributed by atoms with van der Waals surface area (Å²) in [7, 11) is 0. The van der Waals surface area contributed by atoms with E-state index in [9.17, 15) is 13.6 Å². The second-order valence-corrected chi connectivity index (χ2v) is 5.21. The molecule has 92 valence electrons. The second kappa shape index (κ2) is 4.09. The summed E-state index contributed by atoms with van der Waals surface area (Å²) in [5, 5.41) is 0. The molecule has 1 fully saturated rings. The average molecular weight is 239 g/mol. The Hall–Kier alpha value is -1.45. The van der Waals surface area contributed by atoms with Crippen LogP contribution in [0, 0.1) is 17.0 Å². The van der Waals surface area contributed by atoms with Gasteiger partial charge in [-0.15, -0.1) is 0 Å². The van der Waals surface area contributed by atoms with E-state index in [0.717, 1.165) is 6.42 Å². The highest BCUT2D eigenvalue weighted by Crippen LogP contribution is 2.34. The van der Waals surface area contributed by atoms with Gasteiger partial charge in [0, 0.05) is 13.0 Å². The van der Waals surface area contributed by atoms with Gasteiger partial charge in [0.1, 0.15) is 17.3 Å². The minimum absolute atomic E-state index is 0.109. The fraction of sp³-hybridized carbons (Fsp3) is 0.462. The molecule has 0 atom stereocenters. The fourth-order valence-corrected chi connectivity index (χ4v) is 2.13. The van der Waals surface area contributed by atoms with Crippen molar-refractivity contribution in [3.8, 4) is 0 Å². The molecule has 0 unspecified atom stereocenters. The highest BCUT2D eigenvalue weighted by Gasteiger charge is 2.34. The molecule has 1 aromatic rings. The zero-order valence-electron chi connectivity index (χ0n) is 9.96. The van der Waals surface area contributed by atoms with E-state index in [1.165, 1.54) is 23.1 Å². The van der Waals surface area contributed by atoms with E-state index < -0.39 is 11.6 Å². The highest BCUT2D eigenvalue weighted by molar-refractivity contribution is 5.94. The van der Waals surface area contributed by atoms with Crippen LogP contribution in [-0.4, -0.2) is 12.5 Å². The summed E-state index contributed by atoms with van der Waals surface area (Å²) in [5.74, 6) is -1.58. The van der Waals surface area contributed by atoms with Crippen molar-refractivity contribution in [2.24, 2.45) is 5.41 Å². The van der Waals surface area contributed by atoms with Crippen LogP contribution in [0.4, 0.5) is 14.5 Å². The van der Waals surface area contributed by atoms with Gasteiger partial charge in [-0.05, 0) is 24.0 Å². The molecular weight excluding hydrogens is 224 g/mol. The van der Waals surface area contributed by atoms with Gasteiger partial charge < -0.3 is 4.90 Å². The van der Waals surface area contributed by atoms with Crippen molar-refractivity contribution in [1.82, 2.24) is 0 Å². The van der Waals surface area contributed by atoms with E-state index in [2.05, 4.69) is 0 Å². The third-order valence-electron chi connectivity index (χ3n) is 3.11. The topological polar surface area (TPSA) is 20.3 Å². The predicted octanol–water partition coefficient (Wildman–Crippen LogP) is 3.12. The number of hydrogen-bond donors (Lipinski definition) is 0. The molecule has 0 spiro atoms. The van der Waals surface area contributed by atoms with Crippen molar-refractivity contribution in [2.75, 3.05) is 11.4 Å². The number of halogens is 2. The minimum Gasteiger partial charge on any atom is -0.307 e. The normalized spacial score (nSPS) is 19.5. The van der Waals surface area contributed by atoms with E-state index in [1.807, 2.05) is 13.8 Å². The van der Waals surface area contributed by atoms with Crippen LogP contribution in [0.5, 0.6) is 0 Å². The molecule has 1 aliphatic heterocycles. The molecule has 1 aromatic carbocycles. The molecule has 1 amide bonds. The minimum atomic E-state index is -0.684.